The standard InChI is InChI=1S/C29H36BrN3O5/c1-2-13-31-26(35)22-23-28(37)33(14-7-3-4-8-15-34)25(29(23)17-21(30)24(22)38-29)27(36)32-20-12-11-18-9-5-6-10-19(18)16-20/h5-6,9-12,16,21-25,34H,2-4,7-8,13-15,17H2,1H3,(H,31,35)(H,32,36)/t21?,22-,23-,24-,25?,29?/m0/s1. The molecule has 9 heteroatoms. The summed E-state index contributed by atoms with van der Waals surface area (Å²) in [7, 11) is 0. The smallest absolute Gasteiger partial charge is 0.250 e. The number of amides is 3. The number of hydrogen-bond donors (Lipinski definition) is 3. The minimum Gasteiger partial charge on any atom is -0.396 e. The van der Waals surface area contributed by atoms with Gasteiger partial charge in [-0.05, 0) is 48.6 Å². The normalized spacial score (nSPS) is 29.6. The first-order valence-electron chi connectivity index (χ1n) is 13.7. The van der Waals surface area contributed by atoms with Gasteiger partial charge in [-0.1, -0.05) is 66.0 Å². The summed E-state index contributed by atoms with van der Waals surface area (Å²) < 4.78 is 6.53. The highest BCUT2D eigenvalue weighted by molar-refractivity contribution is 9.09. The van der Waals surface area contributed by atoms with Gasteiger partial charge in [-0.25, -0.2) is 0 Å². The Hall–Kier alpha value is -2.49. The van der Waals surface area contributed by atoms with E-state index in [0.29, 0.717) is 38.0 Å². The van der Waals surface area contributed by atoms with Crippen molar-refractivity contribution in [2.75, 3.05) is 25.0 Å². The molecule has 1 spiro atoms. The van der Waals surface area contributed by atoms with Crippen LogP contribution in [0.2, 0.25) is 0 Å². The number of rotatable bonds is 11. The van der Waals surface area contributed by atoms with E-state index in [0.717, 1.165) is 30.0 Å². The lowest BCUT2D eigenvalue weighted by atomic mass is 9.70. The van der Waals surface area contributed by atoms with E-state index in [9.17, 15) is 14.4 Å². The lowest BCUT2D eigenvalue weighted by molar-refractivity contribution is -0.140. The fourth-order valence-corrected chi connectivity index (χ4v) is 7.50. The van der Waals surface area contributed by atoms with Gasteiger partial charge in [0.15, 0.2) is 0 Å². The van der Waals surface area contributed by atoms with E-state index in [2.05, 4.69) is 26.6 Å². The van der Waals surface area contributed by atoms with Gasteiger partial charge < -0.3 is 25.4 Å². The molecule has 3 fully saturated rings. The Labute approximate surface area is 231 Å². The minimum atomic E-state index is -1.06. The lowest BCUT2D eigenvalue weighted by Crippen LogP contribution is -2.54. The number of ether oxygens (including phenoxy) is 1. The van der Waals surface area contributed by atoms with E-state index >= 15 is 0 Å². The summed E-state index contributed by atoms with van der Waals surface area (Å²) in [4.78, 5) is 42.7. The fraction of sp³-hybridized carbons (Fsp3) is 0.552. The second kappa shape index (κ2) is 11.3. The number of aliphatic hydroxyl groups is 1. The number of fused-ring (bicyclic) bond motifs is 2. The Kier molecular flexibility index (Phi) is 8.07. The van der Waals surface area contributed by atoms with Crippen molar-refractivity contribution in [3.63, 3.8) is 0 Å². The highest BCUT2D eigenvalue weighted by Gasteiger charge is 2.76. The zero-order valence-electron chi connectivity index (χ0n) is 21.7. The Morgan fingerprint density at radius 2 is 1.87 bits per heavy atom. The average Bonchev–Trinajstić information content (AvgIpc) is 3.50. The Bertz CT molecular complexity index is 1210. The molecule has 5 rings (SSSR count). The third-order valence-corrected chi connectivity index (χ3v) is 9.06. The zero-order chi connectivity index (χ0) is 26.9. The lowest BCUT2D eigenvalue weighted by Gasteiger charge is -2.34. The molecule has 204 valence electrons. The molecule has 8 nitrogen and oxygen atoms in total. The van der Waals surface area contributed by atoms with Crippen molar-refractivity contribution in [3.8, 4) is 0 Å². The highest BCUT2D eigenvalue weighted by atomic mass is 79.9. The molecule has 3 aliphatic heterocycles. The molecule has 3 amide bonds. The van der Waals surface area contributed by atoms with Gasteiger partial charge in [0.1, 0.15) is 11.6 Å². The first kappa shape index (κ1) is 27.1. The molecular formula is C29H36BrN3O5. The molecule has 3 N–H and O–H groups in total. The summed E-state index contributed by atoms with van der Waals surface area (Å²) >= 11 is 3.70. The van der Waals surface area contributed by atoms with Gasteiger partial charge in [-0.2, -0.15) is 0 Å². The van der Waals surface area contributed by atoms with Crippen molar-refractivity contribution in [1.82, 2.24) is 10.2 Å². The topological polar surface area (TPSA) is 108 Å². The third-order valence-electron chi connectivity index (χ3n) is 8.21. The van der Waals surface area contributed by atoms with Crippen molar-refractivity contribution >= 4 is 50.1 Å². The maximum atomic E-state index is 14.0. The number of benzene rings is 2. The van der Waals surface area contributed by atoms with Gasteiger partial charge in [-0.3, -0.25) is 14.4 Å². The van der Waals surface area contributed by atoms with Crippen LogP contribution in [0.1, 0.15) is 45.4 Å². The molecule has 0 aliphatic carbocycles. The number of halogens is 1. The largest absolute Gasteiger partial charge is 0.396 e. The zero-order valence-corrected chi connectivity index (χ0v) is 23.3. The number of unbranched alkanes of at least 4 members (excludes halogenated alkanes) is 3. The summed E-state index contributed by atoms with van der Waals surface area (Å²) in [6.45, 7) is 3.06. The minimum absolute atomic E-state index is 0.121. The predicted octanol–water partition coefficient (Wildman–Crippen LogP) is 3.61. The Morgan fingerprint density at radius 3 is 2.63 bits per heavy atom. The number of aliphatic hydroxyl groups excluding tert-OH is 1. The molecule has 6 atom stereocenters. The number of likely N-dealkylation sites (tertiary alicyclic amines) is 1. The Balaban J connectivity index is 1.44. The molecule has 2 bridgehead atoms. The van der Waals surface area contributed by atoms with Crippen molar-refractivity contribution in [1.29, 1.82) is 0 Å². The van der Waals surface area contributed by atoms with Crippen LogP contribution >= 0.6 is 15.9 Å². The van der Waals surface area contributed by atoms with Crippen LogP contribution in [-0.4, -0.2) is 70.0 Å². The molecule has 0 saturated carbocycles. The summed E-state index contributed by atoms with van der Waals surface area (Å²) in [6.07, 6.45) is 3.94. The van der Waals surface area contributed by atoms with Gasteiger partial charge in [0.2, 0.25) is 17.7 Å². The van der Waals surface area contributed by atoms with E-state index in [1.807, 2.05) is 49.4 Å². The second-order valence-corrected chi connectivity index (χ2v) is 11.9. The predicted molar refractivity (Wildman–Crippen MR) is 149 cm³/mol. The number of carbonyl (C=O) groups excluding carboxylic acids is 3. The van der Waals surface area contributed by atoms with Crippen molar-refractivity contribution in [3.05, 3.63) is 42.5 Å². The van der Waals surface area contributed by atoms with Gasteiger partial charge >= 0.3 is 0 Å². The van der Waals surface area contributed by atoms with Crippen LogP contribution in [0, 0.1) is 11.8 Å². The van der Waals surface area contributed by atoms with Crippen molar-refractivity contribution in [2.45, 2.75) is 68.0 Å². The maximum absolute atomic E-state index is 14.0. The number of carbonyl (C=O) groups is 3. The second-order valence-electron chi connectivity index (χ2n) is 10.7. The molecule has 2 aromatic carbocycles. The number of anilines is 1. The van der Waals surface area contributed by atoms with E-state index in [1.54, 1.807) is 4.90 Å². The molecule has 0 radical (unpaired) electrons. The highest BCUT2D eigenvalue weighted by Crippen LogP contribution is 2.60. The molecule has 3 aliphatic rings. The van der Waals surface area contributed by atoms with Crippen LogP contribution in [0.5, 0.6) is 0 Å². The monoisotopic (exact) mass is 585 g/mol. The van der Waals surface area contributed by atoms with E-state index in [-0.39, 0.29) is 29.2 Å². The fourth-order valence-electron chi connectivity index (χ4n) is 6.56. The van der Waals surface area contributed by atoms with Gasteiger partial charge in [-0.15, -0.1) is 0 Å². The molecule has 2 aromatic rings. The van der Waals surface area contributed by atoms with Crippen LogP contribution in [0.25, 0.3) is 10.8 Å². The molecule has 3 saturated heterocycles. The van der Waals surface area contributed by atoms with E-state index in [4.69, 9.17) is 9.84 Å². The number of nitrogens with zero attached hydrogens (tertiary/aromatic N) is 1. The van der Waals surface area contributed by atoms with E-state index < -0.39 is 29.6 Å². The quantitative estimate of drug-likeness (QED) is 0.276. The van der Waals surface area contributed by atoms with Crippen molar-refractivity contribution in [2.24, 2.45) is 11.8 Å². The summed E-state index contributed by atoms with van der Waals surface area (Å²) in [5, 5.41) is 17.2. The molecule has 0 aromatic heterocycles. The van der Waals surface area contributed by atoms with Gasteiger partial charge in [0, 0.05) is 30.2 Å². The van der Waals surface area contributed by atoms with Crippen LogP contribution < -0.4 is 10.6 Å². The first-order valence-corrected chi connectivity index (χ1v) is 14.6. The average molecular weight is 587 g/mol. The van der Waals surface area contributed by atoms with Crippen LogP contribution in [0.4, 0.5) is 5.69 Å². The van der Waals surface area contributed by atoms with Gasteiger partial charge in [0.05, 0.1) is 17.9 Å². The van der Waals surface area contributed by atoms with Gasteiger partial charge in [0.25, 0.3) is 0 Å². The number of hydrogen-bond acceptors (Lipinski definition) is 5. The van der Waals surface area contributed by atoms with Crippen LogP contribution in [0.15, 0.2) is 42.5 Å². The molecular weight excluding hydrogens is 550 g/mol. The third kappa shape index (κ3) is 4.73. The summed E-state index contributed by atoms with van der Waals surface area (Å²) in [6, 6.07) is 12.9. The SMILES string of the molecule is CCCNC(=O)[C@H]1[C@H]2C(=O)N(CCCCCCO)C(C(=O)Nc3ccc4ccccc4c3)C23CC(Br)[C@@H]1O3. The number of alkyl halides is 1. The van der Waals surface area contributed by atoms with Crippen LogP contribution in [0.3, 0.4) is 0 Å². The Morgan fingerprint density at radius 1 is 1.11 bits per heavy atom. The maximum Gasteiger partial charge on any atom is 0.250 e. The molecule has 3 unspecified atom stereocenters. The van der Waals surface area contributed by atoms with Crippen LogP contribution in [-0.2, 0) is 19.1 Å². The number of nitrogens with one attached hydrogen (secondary N) is 2. The first-order chi connectivity index (χ1) is 18.4. The molecule has 38 heavy (non-hydrogen) atoms. The van der Waals surface area contributed by atoms with Crippen molar-refractivity contribution < 1.29 is 24.2 Å². The summed E-state index contributed by atoms with van der Waals surface area (Å²) in [5.74, 6) is -1.98. The van der Waals surface area contributed by atoms with E-state index in [1.165, 1.54) is 0 Å². The summed E-state index contributed by atoms with van der Waals surface area (Å²) in [5.41, 5.74) is -0.403. The molecule has 3 heterocycles.